The fraction of sp³-hybridized carbons (Fsp3) is 0.929. The van der Waals surface area contributed by atoms with E-state index in [4.69, 9.17) is 24.8 Å². The smallest absolute Gasteiger partial charge is 0.472 e. The minimum Gasteiger partial charge on any atom is -0.480 e. The number of rotatable bonds is 42. The van der Waals surface area contributed by atoms with Crippen LogP contribution in [0.5, 0.6) is 0 Å². The van der Waals surface area contributed by atoms with Crippen molar-refractivity contribution < 1.29 is 47.5 Å². The van der Waals surface area contributed by atoms with Gasteiger partial charge in [-0.2, -0.15) is 0 Å². The van der Waals surface area contributed by atoms with Gasteiger partial charge in [0.2, 0.25) is 0 Å². The van der Waals surface area contributed by atoms with Crippen molar-refractivity contribution in [1.29, 1.82) is 0 Å². The molecular weight excluding hydrogens is 709 g/mol. The van der Waals surface area contributed by atoms with Crippen LogP contribution in [-0.2, 0) is 37.5 Å². The number of hydrogen-bond acceptors (Lipinski definition) is 9. The average Bonchev–Trinajstić information content (AvgIpc) is 3.14. The van der Waals surface area contributed by atoms with Gasteiger partial charge in [0.25, 0.3) is 0 Å². The van der Waals surface area contributed by atoms with Crippen LogP contribution in [0.2, 0.25) is 0 Å². The van der Waals surface area contributed by atoms with Crippen molar-refractivity contribution in [2.75, 3.05) is 19.8 Å². The van der Waals surface area contributed by atoms with Gasteiger partial charge in [0.15, 0.2) is 6.10 Å². The SMILES string of the molecule is CCCCCCCCCCCCCCCCCC(=O)OCC(COP(=O)(O)OC[C@H](N)C(=O)O)OC(=O)CCCCCCCCCCCCCCCCC. The van der Waals surface area contributed by atoms with E-state index in [1.807, 2.05) is 0 Å². The number of carboxylic acids is 1. The van der Waals surface area contributed by atoms with Gasteiger partial charge >= 0.3 is 25.7 Å². The third kappa shape index (κ3) is 37.4. The summed E-state index contributed by atoms with van der Waals surface area (Å²) < 4.78 is 32.7. The Morgan fingerprint density at radius 1 is 0.500 bits per heavy atom. The lowest BCUT2D eigenvalue weighted by Crippen LogP contribution is -2.34. The lowest BCUT2D eigenvalue weighted by molar-refractivity contribution is -0.161. The molecule has 0 spiro atoms. The molecule has 12 heteroatoms. The van der Waals surface area contributed by atoms with Gasteiger partial charge in [-0.15, -0.1) is 0 Å². The van der Waals surface area contributed by atoms with Crippen LogP contribution in [0.4, 0.5) is 0 Å². The number of aliphatic carboxylic acids is 1. The molecule has 0 fully saturated rings. The molecule has 0 saturated carbocycles. The Kier molecular flexibility index (Phi) is 37.3. The zero-order valence-corrected chi connectivity index (χ0v) is 35.5. The average molecular weight is 792 g/mol. The Hall–Kier alpha value is -1.52. The molecule has 0 aliphatic rings. The molecule has 0 aliphatic carbocycles. The predicted molar refractivity (Wildman–Crippen MR) is 217 cm³/mol. The lowest BCUT2D eigenvalue weighted by atomic mass is 10.0. The Morgan fingerprint density at radius 2 is 0.815 bits per heavy atom. The second-order valence-electron chi connectivity index (χ2n) is 15.2. The lowest BCUT2D eigenvalue weighted by Gasteiger charge is -2.20. The minimum absolute atomic E-state index is 0.169. The van der Waals surface area contributed by atoms with Gasteiger partial charge in [-0.25, -0.2) is 4.57 Å². The first-order valence-electron chi connectivity index (χ1n) is 22.1. The van der Waals surface area contributed by atoms with Gasteiger partial charge in [-0.05, 0) is 12.8 Å². The van der Waals surface area contributed by atoms with Gasteiger partial charge in [0.05, 0.1) is 13.2 Å². The second kappa shape index (κ2) is 38.4. The normalized spacial score (nSPS) is 13.7. The molecule has 0 amide bonds. The van der Waals surface area contributed by atoms with Crippen molar-refractivity contribution in [3.63, 3.8) is 0 Å². The minimum atomic E-state index is -4.71. The summed E-state index contributed by atoms with van der Waals surface area (Å²) in [5, 5.41) is 8.88. The quantitative estimate of drug-likeness (QED) is 0.0305. The number of esters is 2. The standard InChI is InChI=1S/C42H82NO10P/c1-3-5-7-9-11-13-15-17-19-21-23-25-27-29-31-33-40(44)50-35-38(36-51-54(48,49)52-37-39(43)42(46)47)53-41(45)34-32-30-28-26-24-22-20-18-16-14-12-10-8-6-4-2/h38-39H,3-37,43H2,1-2H3,(H,46,47)(H,48,49)/t38?,39-/m0/s1. The summed E-state index contributed by atoms with van der Waals surface area (Å²) >= 11 is 0. The molecule has 0 aromatic heterocycles. The van der Waals surface area contributed by atoms with Gasteiger partial charge < -0.3 is 25.2 Å². The van der Waals surface area contributed by atoms with Gasteiger partial charge in [0.1, 0.15) is 12.6 Å². The van der Waals surface area contributed by atoms with Crippen LogP contribution in [0.1, 0.15) is 219 Å². The highest BCUT2D eigenvalue weighted by atomic mass is 31.2. The third-order valence-electron chi connectivity index (χ3n) is 9.86. The van der Waals surface area contributed by atoms with Gasteiger partial charge in [0, 0.05) is 12.8 Å². The maximum absolute atomic E-state index is 12.6. The summed E-state index contributed by atoms with van der Waals surface area (Å²) in [7, 11) is -4.71. The van der Waals surface area contributed by atoms with Crippen molar-refractivity contribution in [3.8, 4) is 0 Å². The first-order chi connectivity index (χ1) is 26.1. The van der Waals surface area contributed by atoms with E-state index in [0.717, 1.165) is 38.5 Å². The first-order valence-corrected chi connectivity index (χ1v) is 23.6. The molecule has 3 atom stereocenters. The van der Waals surface area contributed by atoms with Gasteiger partial charge in [-0.3, -0.25) is 23.4 Å². The zero-order valence-electron chi connectivity index (χ0n) is 34.6. The molecule has 0 aromatic carbocycles. The molecule has 54 heavy (non-hydrogen) atoms. The van der Waals surface area contributed by atoms with Crippen molar-refractivity contribution in [2.24, 2.45) is 5.73 Å². The van der Waals surface area contributed by atoms with Gasteiger partial charge in [-0.1, -0.05) is 194 Å². The topological polar surface area (TPSA) is 172 Å². The molecule has 0 bridgehead atoms. The number of nitrogens with two attached hydrogens (primary N) is 1. The van der Waals surface area contributed by atoms with Crippen LogP contribution in [0.3, 0.4) is 0 Å². The van der Waals surface area contributed by atoms with E-state index in [0.29, 0.717) is 12.8 Å². The third-order valence-corrected chi connectivity index (χ3v) is 10.8. The highest BCUT2D eigenvalue weighted by Gasteiger charge is 2.28. The Bertz CT molecular complexity index is 937. The second-order valence-corrected chi connectivity index (χ2v) is 16.7. The number of phosphoric acid groups is 1. The maximum Gasteiger partial charge on any atom is 0.472 e. The summed E-state index contributed by atoms with van der Waals surface area (Å²) in [6.45, 7) is 2.83. The number of carbonyl (C=O) groups excluding carboxylic acids is 2. The molecule has 0 aliphatic heterocycles. The maximum atomic E-state index is 12.6. The van der Waals surface area contributed by atoms with E-state index in [2.05, 4.69) is 18.4 Å². The van der Waals surface area contributed by atoms with E-state index >= 15 is 0 Å². The fourth-order valence-electron chi connectivity index (χ4n) is 6.36. The summed E-state index contributed by atoms with van der Waals surface area (Å²) in [4.78, 5) is 45.9. The highest BCUT2D eigenvalue weighted by molar-refractivity contribution is 7.47. The molecule has 11 nitrogen and oxygen atoms in total. The Balaban J connectivity index is 4.31. The van der Waals surface area contributed by atoms with E-state index < -0.39 is 51.1 Å². The van der Waals surface area contributed by atoms with E-state index in [9.17, 15) is 23.8 Å². The summed E-state index contributed by atoms with van der Waals surface area (Å²) in [6.07, 6.45) is 35.9. The molecule has 2 unspecified atom stereocenters. The molecule has 0 aromatic rings. The first kappa shape index (κ1) is 52.5. The molecule has 0 saturated heterocycles. The predicted octanol–water partition coefficient (Wildman–Crippen LogP) is 11.5. The Morgan fingerprint density at radius 3 is 1.17 bits per heavy atom. The van der Waals surface area contributed by atoms with Crippen LogP contribution < -0.4 is 5.73 Å². The van der Waals surface area contributed by atoms with Crippen molar-refractivity contribution in [1.82, 2.24) is 0 Å². The molecule has 0 heterocycles. The molecular formula is C42H82NO10P. The molecule has 0 radical (unpaired) electrons. The van der Waals surface area contributed by atoms with E-state index in [1.54, 1.807) is 0 Å². The van der Waals surface area contributed by atoms with E-state index in [-0.39, 0.29) is 19.4 Å². The number of unbranched alkanes of at least 4 members (excludes halogenated alkanes) is 28. The largest absolute Gasteiger partial charge is 0.480 e. The monoisotopic (exact) mass is 792 g/mol. The number of hydrogen-bond donors (Lipinski definition) is 3. The number of carboxylic acid groups (broad SMARTS) is 1. The number of carbonyl (C=O) groups is 3. The van der Waals surface area contributed by atoms with Crippen molar-refractivity contribution in [3.05, 3.63) is 0 Å². The van der Waals surface area contributed by atoms with Crippen LogP contribution in [-0.4, -0.2) is 59.9 Å². The van der Waals surface area contributed by atoms with E-state index in [1.165, 1.54) is 141 Å². The van der Waals surface area contributed by atoms with Crippen LogP contribution in [0.25, 0.3) is 0 Å². The zero-order chi connectivity index (χ0) is 40.0. The van der Waals surface area contributed by atoms with Crippen molar-refractivity contribution in [2.45, 2.75) is 231 Å². The van der Waals surface area contributed by atoms with Crippen LogP contribution >= 0.6 is 7.82 Å². The molecule has 320 valence electrons. The molecule has 0 rings (SSSR count). The van der Waals surface area contributed by atoms with Crippen LogP contribution in [0, 0.1) is 0 Å². The summed E-state index contributed by atoms with van der Waals surface area (Å²) in [5.41, 5.74) is 5.33. The Labute approximate surface area is 329 Å². The van der Waals surface area contributed by atoms with Crippen molar-refractivity contribution >= 4 is 25.7 Å². The summed E-state index contributed by atoms with van der Waals surface area (Å²) in [5.74, 6) is -2.36. The fourth-order valence-corrected chi connectivity index (χ4v) is 7.14. The summed E-state index contributed by atoms with van der Waals surface area (Å²) in [6, 6.07) is -1.52. The number of phosphoric ester groups is 1. The molecule has 4 N–H and O–H groups in total. The highest BCUT2D eigenvalue weighted by Crippen LogP contribution is 2.43. The van der Waals surface area contributed by atoms with Crippen LogP contribution in [0.15, 0.2) is 0 Å². The number of ether oxygens (including phenoxy) is 2.